The van der Waals surface area contributed by atoms with Gasteiger partial charge in [-0.15, -0.1) is 0 Å². The number of rotatable bonds is 7. The Morgan fingerprint density at radius 2 is 2.00 bits per heavy atom. The number of H-pyrrole nitrogens is 1. The SMILES string of the molecule is C[C@@H](CCCn1ccc2cc(-c3cccc4c3OCC4)c(F)cc2c1=O)Nc1cn[nH]c(=O)c1C(F)(F)F. The normalized spacial score (nSPS) is 13.8. The van der Waals surface area contributed by atoms with Gasteiger partial charge >= 0.3 is 6.18 Å². The number of pyridine rings is 1. The molecule has 2 aromatic carbocycles. The Kier molecular flexibility index (Phi) is 6.68. The zero-order valence-corrected chi connectivity index (χ0v) is 20.4. The summed E-state index contributed by atoms with van der Waals surface area (Å²) in [5.41, 5.74) is -1.39. The summed E-state index contributed by atoms with van der Waals surface area (Å²) in [5, 5.41) is 8.75. The van der Waals surface area contributed by atoms with Crippen LogP contribution in [0, 0.1) is 5.82 Å². The minimum absolute atomic E-state index is 0.234. The van der Waals surface area contributed by atoms with E-state index in [1.807, 2.05) is 12.1 Å². The number of hydrogen-bond donors (Lipinski definition) is 2. The fraction of sp³-hybridized carbons (Fsp3) is 0.296. The molecule has 0 unspecified atom stereocenters. The Balaban J connectivity index is 1.31. The van der Waals surface area contributed by atoms with Crippen LogP contribution in [0.15, 0.2) is 58.4 Å². The molecule has 0 aliphatic carbocycles. The molecule has 0 radical (unpaired) electrons. The third kappa shape index (κ3) is 4.88. The summed E-state index contributed by atoms with van der Waals surface area (Å²) in [6.07, 6.45) is -0.667. The van der Waals surface area contributed by atoms with Crippen LogP contribution in [0.3, 0.4) is 0 Å². The van der Waals surface area contributed by atoms with E-state index in [1.165, 1.54) is 10.6 Å². The van der Waals surface area contributed by atoms with Crippen LogP contribution in [-0.4, -0.2) is 27.4 Å². The molecule has 3 heterocycles. The molecule has 0 fully saturated rings. The van der Waals surface area contributed by atoms with Crippen LogP contribution < -0.4 is 21.2 Å². The van der Waals surface area contributed by atoms with Crippen LogP contribution in [-0.2, 0) is 19.1 Å². The highest BCUT2D eigenvalue weighted by Crippen LogP contribution is 2.39. The van der Waals surface area contributed by atoms with Gasteiger partial charge in [0.1, 0.15) is 17.1 Å². The quantitative estimate of drug-likeness (QED) is 0.325. The third-order valence-electron chi connectivity index (χ3n) is 6.65. The predicted molar refractivity (Wildman–Crippen MR) is 135 cm³/mol. The molecule has 11 heteroatoms. The second-order valence-electron chi connectivity index (χ2n) is 9.30. The van der Waals surface area contributed by atoms with Crippen molar-refractivity contribution >= 4 is 16.5 Å². The Bertz CT molecular complexity index is 1630. The zero-order valence-electron chi connectivity index (χ0n) is 20.4. The van der Waals surface area contributed by atoms with E-state index in [4.69, 9.17) is 4.74 Å². The summed E-state index contributed by atoms with van der Waals surface area (Å²) in [5.74, 6) is 0.140. The number of fused-ring (bicyclic) bond motifs is 2. The van der Waals surface area contributed by atoms with Crippen LogP contribution in [0.2, 0.25) is 0 Å². The number of para-hydroxylation sites is 1. The van der Waals surface area contributed by atoms with Gasteiger partial charge in [-0.05, 0) is 48.9 Å². The smallest absolute Gasteiger partial charge is 0.423 e. The topological polar surface area (TPSA) is 89.0 Å². The number of nitrogens with one attached hydrogen (secondary N) is 2. The molecule has 0 saturated carbocycles. The van der Waals surface area contributed by atoms with Gasteiger partial charge in [-0.3, -0.25) is 9.59 Å². The van der Waals surface area contributed by atoms with E-state index in [2.05, 4.69) is 10.4 Å². The molecule has 4 aromatic rings. The molecule has 0 amide bonds. The van der Waals surface area contributed by atoms with E-state index in [0.29, 0.717) is 41.7 Å². The molecule has 1 atom stereocenters. The largest absolute Gasteiger partial charge is 0.492 e. The van der Waals surface area contributed by atoms with Crippen molar-refractivity contribution in [3.63, 3.8) is 0 Å². The maximum absolute atomic E-state index is 15.2. The molecule has 7 nitrogen and oxygen atoms in total. The third-order valence-corrected chi connectivity index (χ3v) is 6.65. The van der Waals surface area contributed by atoms with E-state index < -0.39 is 34.8 Å². The van der Waals surface area contributed by atoms with Crippen molar-refractivity contribution in [3.05, 3.63) is 86.4 Å². The highest BCUT2D eigenvalue weighted by molar-refractivity contribution is 5.88. The lowest BCUT2D eigenvalue weighted by molar-refractivity contribution is -0.138. The highest BCUT2D eigenvalue weighted by atomic mass is 19.4. The van der Waals surface area contributed by atoms with E-state index in [-0.39, 0.29) is 17.5 Å². The van der Waals surface area contributed by atoms with Gasteiger partial charge < -0.3 is 14.6 Å². The molecular formula is C27H24F4N4O3. The number of alkyl halides is 3. The van der Waals surface area contributed by atoms with Crippen molar-refractivity contribution in [2.45, 2.75) is 44.9 Å². The Morgan fingerprint density at radius 3 is 2.79 bits per heavy atom. The van der Waals surface area contributed by atoms with Crippen molar-refractivity contribution < 1.29 is 22.3 Å². The van der Waals surface area contributed by atoms with E-state index in [0.717, 1.165) is 18.2 Å². The molecule has 1 aliphatic heterocycles. The van der Waals surface area contributed by atoms with Crippen molar-refractivity contribution in [1.29, 1.82) is 0 Å². The fourth-order valence-corrected chi connectivity index (χ4v) is 4.81. The second-order valence-corrected chi connectivity index (χ2v) is 9.30. The average Bonchev–Trinajstić information content (AvgIpc) is 3.34. The standard InChI is InChI=1S/C27H24F4N4O3/c1-15(33-22-14-32-34-25(36)23(22)27(29,30)31)4-3-9-35-10-7-17-12-20(21(28)13-19(17)26(35)37)18-6-2-5-16-8-11-38-24(16)18/h2,5-7,10,12-15H,3-4,8-9,11H2,1H3,(H2,33,34,36)/t15-/m0/s1. The van der Waals surface area contributed by atoms with E-state index >= 15 is 4.39 Å². The van der Waals surface area contributed by atoms with E-state index in [9.17, 15) is 22.8 Å². The lowest BCUT2D eigenvalue weighted by Gasteiger charge is -2.18. The van der Waals surface area contributed by atoms with Gasteiger partial charge in [-0.2, -0.15) is 18.3 Å². The summed E-state index contributed by atoms with van der Waals surface area (Å²) in [6, 6.07) is 9.79. The van der Waals surface area contributed by atoms with Gasteiger partial charge in [0, 0.05) is 36.3 Å². The van der Waals surface area contributed by atoms with Crippen molar-refractivity contribution in [1.82, 2.24) is 14.8 Å². The van der Waals surface area contributed by atoms with Gasteiger partial charge in [-0.1, -0.05) is 18.2 Å². The molecule has 0 spiro atoms. The minimum atomic E-state index is -4.83. The number of halogens is 4. The summed E-state index contributed by atoms with van der Waals surface area (Å²) < 4.78 is 62.1. The van der Waals surface area contributed by atoms with Crippen LogP contribution >= 0.6 is 0 Å². The van der Waals surface area contributed by atoms with Gasteiger partial charge in [-0.25, -0.2) is 9.49 Å². The number of aromatic nitrogens is 3. The molecule has 2 aromatic heterocycles. The van der Waals surface area contributed by atoms with Crippen molar-refractivity contribution in [3.8, 4) is 16.9 Å². The van der Waals surface area contributed by atoms with Crippen LogP contribution in [0.1, 0.15) is 30.9 Å². The first-order valence-corrected chi connectivity index (χ1v) is 12.1. The second kappa shape index (κ2) is 9.96. The zero-order chi connectivity index (χ0) is 27.0. The molecule has 0 bridgehead atoms. The van der Waals surface area contributed by atoms with Gasteiger partial charge in [0.05, 0.1) is 23.9 Å². The number of anilines is 1. The van der Waals surface area contributed by atoms with Crippen molar-refractivity contribution in [2.75, 3.05) is 11.9 Å². The summed E-state index contributed by atoms with van der Waals surface area (Å²) in [6.45, 7) is 2.50. The number of ether oxygens (including phenoxy) is 1. The average molecular weight is 529 g/mol. The number of aromatic amines is 1. The minimum Gasteiger partial charge on any atom is -0.492 e. The number of nitrogens with zero attached hydrogens (tertiary/aromatic N) is 2. The Hall–Kier alpha value is -4.15. The summed E-state index contributed by atoms with van der Waals surface area (Å²) in [4.78, 5) is 24.7. The first-order chi connectivity index (χ1) is 18.1. The molecule has 198 valence electrons. The molecule has 1 aliphatic rings. The lowest BCUT2D eigenvalue weighted by Crippen LogP contribution is -2.27. The van der Waals surface area contributed by atoms with Crippen LogP contribution in [0.5, 0.6) is 5.75 Å². The van der Waals surface area contributed by atoms with Crippen LogP contribution in [0.4, 0.5) is 23.2 Å². The molecule has 5 rings (SSSR count). The first-order valence-electron chi connectivity index (χ1n) is 12.1. The molecule has 2 N–H and O–H groups in total. The maximum atomic E-state index is 15.2. The summed E-state index contributed by atoms with van der Waals surface area (Å²) >= 11 is 0. The van der Waals surface area contributed by atoms with Gasteiger partial charge in [0.25, 0.3) is 11.1 Å². The highest BCUT2D eigenvalue weighted by Gasteiger charge is 2.37. The fourth-order valence-electron chi connectivity index (χ4n) is 4.81. The number of aryl methyl sites for hydroxylation is 1. The van der Waals surface area contributed by atoms with E-state index in [1.54, 1.807) is 36.4 Å². The maximum Gasteiger partial charge on any atom is 0.423 e. The molecule has 38 heavy (non-hydrogen) atoms. The van der Waals surface area contributed by atoms with Gasteiger partial charge in [0.2, 0.25) is 0 Å². The van der Waals surface area contributed by atoms with Crippen LogP contribution in [0.25, 0.3) is 21.9 Å². The summed E-state index contributed by atoms with van der Waals surface area (Å²) in [7, 11) is 0. The number of hydrogen-bond acceptors (Lipinski definition) is 5. The first kappa shape index (κ1) is 25.5. The monoisotopic (exact) mass is 528 g/mol. The number of benzene rings is 2. The van der Waals surface area contributed by atoms with Gasteiger partial charge in [0.15, 0.2) is 0 Å². The predicted octanol–water partition coefficient (Wildman–Crippen LogP) is 5.13. The lowest BCUT2D eigenvalue weighted by atomic mass is 9.98. The van der Waals surface area contributed by atoms with Crippen molar-refractivity contribution in [2.24, 2.45) is 0 Å². The molecule has 0 saturated heterocycles. The Labute approximate surface area is 214 Å². The Morgan fingerprint density at radius 1 is 1.18 bits per heavy atom. The molecular weight excluding hydrogens is 504 g/mol.